The smallest absolute Gasteiger partial charge is 0.260 e. The highest BCUT2D eigenvalue weighted by molar-refractivity contribution is 5.82. The number of anilines is 2. The van der Waals surface area contributed by atoms with Crippen molar-refractivity contribution in [1.29, 1.82) is 0 Å². The van der Waals surface area contributed by atoms with Gasteiger partial charge in [0.2, 0.25) is 5.95 Å². The number of nitrogens with one attached hydrogen (secondary N) is 1. The lowest BCUT2D eigenvalue weighted by Crippen LogP contribution is -2.39. The van der Waals surface area contributed by atoms with Crippen LogP contribution in [0.5, 0.6) is 0 Å². The molecule has 3 fully saturated rings. The molecular weight excluding hydrogens is 598 g/mol. The molecule has 1 atom stereocenters. The number of nitrogens with zero attached hydrogens (tertiary/aromatic N) is 6. The molecule has 48 heavy (non-hydrogen) atoms. The van der Waals surface area contributed by atoms with Gasteiger partial charge in [-0.25, -0.2) is 4.98 Å². The van der Waals surface area contributed by atoms with E-state index < -0.39 is 0 Å². The van der Waals surface area contributed by atoms with Crippen molar-refractivity contribution in [1.82, 2.24) is 29.2 Å². The lowest BCUT2D eigenvalue weighted by Gasteiger charge is -2.38. The van der Waals surface area contributed by atoms with Gasteiger partial charge in [-0.1, -0.05) is 43.0 Å². The Morgan fingerprint density at radius 1 is 0.917 bits per heavy atom. The van der Waals surface area contributed by atoms with Crippen molar-refractivity contribution in [3.63, 3.8) is 0 Å². The predicted octanol–water partition coefficient (Wildman–Crippen LogP) is 6.40. The van der Waals surface area contributed by atoms with Crippen LogP contribution in [0.3, 0.4) is 0 Å². The number of rotatable bonds is 9. The molecule has 2 aromatic carbocycles. The molecule has 9 heteroatoms. The van der Waals surface area contributed by atoms with Gasteiger partial charge < -0.3 is 19.9 Å². The van der Waals surface area contributed by atoms with Crippen LogP contribution in [0, 0.1) is 0 Å². The summed E-state index contributed by atoms with van der Waals surface area (Å²) in [6.45, 7) is 14.1. The average Bonchev–Trinajstić information content (AvgIpc) is 3.12. The molecule has 0 amide bonds. The third kappa shape index (κ3) is 7.18. The molecule has 252 valence electrons. The van der Waals surface area contributed by atoms with Crippen molar-refractivity contribution in [2.24, 2.45) is 0 Å². The Bertz CT molecular complexity index is 1770. The summed E-state index contributed by atoms with van der Waals surface area (Å²) in [5.74, 6) is 1.09. The highest BCUT2D eigenvalue weighted by Crippen LogP contribution is 2.34. The molecule has 1 N–H and O–H groups in total. The Morgan fingerprint density at radius 3 is 2.38 bits per heavy atom. The molecule has 0 bridgehead atoms. The van der Waals surface area contributed by atoms with Crippen LogP contribution in [0.25, 0.3) is 22.2 Å². The summed E-state index contributed by atoms with van der Waals surface area (Å²) in [6, 6.07) is 19.5. The first-order valence-corrected chi connectivity index (χ1v) is 17.7. The van der Waals surface area contributed by atoms with Crippen molar-refractivity contribution in [3.8, 4) is 11.1 Å². The molecule has 1 unspecified atom stereocenters. The SMILES string of the molecule is C=C(C)N1CCCCC1c1ccc(-c2cc3cnc(Nc4ccc(C5CCN(C)CC5)cc4)nc3n(CCN3CCOCC3)c2=O)cc1. The van der Waals surface area contributed by atoms with Crippen LogP contribution in [-0.4, -0.2) is 88.8 Å². The summed E-state index contributed by atoms with van der Waals surface area (Å²) >= 11 is 0. The van der Waals surface area contributed by atoms with Gasteiger partial charge in [0.05, 0.1) is 19.3 Å². The van der Waals surface area contributed by atoms with Gasteiger partial charge in [0.25, 0.3) is 5.56 Å². The fourth-order valence-corrected chi connectivity index (χ4v) is 7.63. The minimum absolute atomic E-state index is 0.0307. The van der Waals surface area contributed by atoms with Gasteiger partial charge in [0.15, 0.2) is 0 Å². The number of hydrogen-bond acceptors (Lipinski definition) is 8. The second-order valence-corrected chi connectivity index (χ2v) is 13.8. The zero-order valence-corrected chi connectivity index (χ0v) is 28.5. The normalized spacial score (nSPS) is 19.9. The highest BCUT2D eigenvalue weighted by atomic mass is 16.5. The van der Waals surface area contributed by atoms with Crippen LogP contribution in [0.15, 0.2) is 77.9 Å². The number of ether oxygens (including phenoxy) is 1. The Morgan fingerprint density at radius 2 is 1.65 bits per heavy atom. The molecule has 0 aliphatic carbocycles. The summed E-state index contributed by atoms with van der Waals surface area (Å²) < 4.78 is 7.41. The van der Waals surface area contributed by atoms with E-state index in [2.05, 4.69) is 89.1 Å². The fraction of sp³-hybridized carbons (Fsp3) is 0.462. The standard InChI is InChI=1S/C39H49N7O2/c1-28(2)45-17-5-4-6-36(45)32-9-7-31(8-10-32)35-26-33-27-40-39(41-34-13-11-29(12-14-34)30-15-18-43(3)19-16-30)42-37(33)46(38(35)47)21-20-44-22-24-48-25-23-44/h7-14,26-27,30,36H,1,4-6,15-25H2,2-3H3,(H,40,41,42). The van der Waals surface area contributed by atoms with Crippen molar-refractivity contribution in [2.45, 2.75) is 57.5 Å². The summed E-state index contributed by atoms with van der Waals surface area (Å²) in [5.41, 5.74) is 6.91. The number of benzene rings is 2. The zero-order chi connectivity index (χ0) is 33.0. The molecule has 0 radical (unpaired) electrons. The summed E-state index contributed by atoms with van der Waals surface area (Å²) in [6.07, 6.45) is 7.76. The third-order valence-electron chi connectivity index (χ3n) is 10.5. The van der Waals surface area contributed by atoms with Gasteiger partial charge in [-0.15, -0.1) is 0 Å². The van der Waals surface area contributed by atoms with E-state index in [1.807, 2.05) is 16.8 Å². The Balaban J connectivity index is 1.17. The zero-order valence-electron chi connectivity index (χ0n) is 28.5. The average molecular weight is 648 g/mol. The summed E-state index contributed by atoms with van der Waals surface area (Å²) in [5, 5.41) is 4.24. The number of piperidine rings is 2. The topological polar surface area (TPSA) is 78.8 Å². The molecule has 9 nitrogen and oxygen atoms in total. The van der Waals surface area contributed by atoms with Crippen molar-refractivity contribution in [3.05, 3.63) is 94.6 Å². The van der Waals surface area contributed by atoms with Gasteiger partial charge in [-0.05, 0) is 100.0 Å². The van der Waals surface area contributed by atoms with Crippen LogP contribution < -0.4 is 10.9 Å². The van der Waals surface area contributed by atoms with Gasteiger partial charge in [-0.3, -0.25) is 14.3 Å². The molecule has 4 aromatic rings. The number of pyridine rings is 1. The largest absolute Gasteiger partial charge is 0.379 e. The predicted molar refractivity (Wildman–Crippen MR) is 194 cm³/mol. The molecule has 5 heterocycles. The molecule has 7 rings (SSSR count). The van der Waals surface area contributed by atoms with Gasteiger partial charge in [0.1, 0.15) is 5.65 Å². The Labute approximate surface area is 284 Å². The number of likely N-dealkylation sites (tertiary alicyclic amines) is 2. The number of morpholine rings is 1. The van der Waals surface area contributed by atoms with E-state index in [4.69, 9.17) is 14.7 Å². The van der Waals surface area contributed by atoms with E-state index in [0.29, 0.717) is 35.7 Å². The second kappa shape index (κ2) is 14.6. The minimum Gasteiger partial charge on any atom is -0.379 e. The summed E-state index contributed by atoms with van der Waals surface area (Å²) in [4.78, 5) is 31.1. The van der Waals surface area contributed by atoms with E-state index in [1.165, 1.54) is 36.8 Å². The first kappa shape index (κ1) is 32.5. The van der Waals surface area contributed by atoms with Gasteiger partial charge >= 0.3 is 0 Å². The monoisotopic (exact) mass is 647 g/mol. The number of allylic oxidation sites excluding steroid dienone is 1. The maximum atomic E-state index is 14.3. The molecule has 0 spiro atoms. The number of fused-ring (bicyclic) bond motifs is 1. The maximum Gasteiger partial charge on any atom is 0.260 e. The Hall–Kier alpha value is -4.05. The van der Waals surface area contributed by atoms with Crippen LogP contribution >= 0.6 is 0 Å². The quantitative estimate of drug-likeness (QED) is 0.224. The van der Waals surface area contributed by atoms with Crippen LogP contribution in [0.2, 0.25) is 0 Å². The lowest BCUT2D eigenvalue weighted by molar-refractivity contribution is 0.0364. The van der Waals surface area contributed by atoms with Crippen LogP contribution in [0.4, 0.5) is 11.6 Å². The van der Waals surface area contributed by atoms with Crippen molar-refractivity contribution >= 4 is 22.7 Å². The van der Waals surface area contributed by atoms with E-state index in [0.717, 1.165) is 81.2 Å². The van der Waals surface area contributed by atoms with Crippen LogP contribution in [-0.2, 0) is 11.3 Å². The maximum absolute atomic E-state index is 14.3. The number of hydrogen-bond donors (Lipinski definition) is 1. The van der Waals surface area contributed by atoms with Crippen molar-refractivity contribution < 1.29 is 4.74 Å². The Kier molecular flexibility index (Phi) is 9.88. The van der Waals surface area contributed by atoms with E-state index in [-0.39, 0.29) is 5.56 Å². The molecule has 0 saturated carbocycles. The fourth-order valence-electron chi connectivity index (χ4n) is 7.63. The van der Waals surface area contributed by atoms with Crippen LogP contribution in [0.1, 0.15) is 62.1 Å². The molecule has 3 aliphatic rings. The lowest BCUT2D eigenvalue weighted by atomic mass is 9.89. The minimum atomic E-state index is -0.0307. The molecule has 3 saturated heterocycles. The molecule has 3 aliphatic heterocycles. The third-order valence-corrected chi connectivity index (χ3v) is 10.5. The van der Waals surface area contributed by atoms with E-state index in [1.54, 1.807) is 0 Å². The first-order valence-electron chi connectivity index (χ1n) is 17.7. The highest BCUT2D eigenvalue weighted by Gasteiger charge is 2.24. The second-order valence-electron chi connectivity index (χ2n) is 13.8. The van der Waals surface area contributed by atoms with Crippen molar-refractivity contribution in [2.75, 3.05) is 64.8 Å². The van der Waals surface area contributed by atoms with E-state index in [9.17, 15) is 4.79 Å². The van der Waals surface area contributed by atoms with Gasteiger partial charge in [0, 0.05) is 61.3 Å². The van der Waals surface area contributed by atoms with E-state index >= 15 is 0 Å². The molecular formula is C39H49N7O2. The first-order chi connectivity index (χ1) is 23.4. The number of aromatic nitrogens is 3. The molecule has 2 aromatic heterocycles. The summed E-state index contributed by atoms with van der Waals surface area (Å²) in [7, 11) is 2.20. The van der Waals surface area contributed by atoms with Gasteiger partial charge in [-0.2, -0.15) is 4.98 Å².